The summed E-state index contributed by atoms with van der Waals surface area (Å²) >= 11 is 0. The first-order chi connectivity index (χ1) is 28.6. The van der Waals surface area contributed by atoms with Crippen molar-refractivity contribution in [3.05, 3.63) is 0 Å². The summed E-state index contributed by atoms with van der Waals surface area (Å²) in [6, 6.07) is -9.88. The molecule has 0 aromatic heterocycles. The Kier molecular flexibility index (Phi) is 27.1. The van der Waals surface area contributed by atoms with Crippen LogP contribution in [0.3, 0.4) is 0 Å². The molecule has 0 aliphatic heterocycles. The molecule has 0 spiro atoms. The number of carbonyl (C=O) groups is 10. The summed E-state index contributed by atoms with van der Waals surface area (Å²) in [6.07, 6.45) is 4.02. The average Bonchev–Trinajstić information content (AvgIpc) is 3.18. The van der Waals surface area contributed by atoms with Gasteiger partial charge >= 0.3 is 0 Å². The SMILES string of the molecule is CC(=O)N[C@@H](CCCCN)C(=O)N[C@@H](C)C(=O)N[C@@H](C)C(=O)N[C@@H](C)C(=O)N[C@@H](CCCCN)C(=O)N[C@@H](C)C(=O)N[C@@H](C)C(=O)N[C@@H](C)C(=O)N[C@@H](CCCCN)C(N)=O. The highest BCUT2D eigenvalue weighted by Crippen LogP contribution is 2.05. The van der Waals surface area contributed by atoms with Crippen molar-refractivity contribution >= 4 is 59.1 Å². The molecule has 0 unspecified atom stereocenters. The first kappa shape index (κ1) is 55.6. The van der Waals surface area contributed by atoms with E-state index in [-0.39, 0.29) is 12.8 Å². The molecule has 0 aromatic carbocycles. The van der Waals surface area contributed by atoms with E-state index in [1.54, 1.807) is 0 Å². The molecular formula is C38H71N13O10. The molecule has 0 saturated heterocycles. The Morgan fingerprint density at radius 3 is 0.836 bits per heavy atom. The molecular weight excluding hydrogens is 798 g/mol. The van der Waals surface area contributed by atoms with Crippen molar-refractivity contribution in [1.82, 2.24) is 47.9 Å². The van der Waals surface area contributed by atoms with Gasteiger partial charge in [-0.1, -0.05) is 0 Å². The van der Waals surface area contributed by atoms with Crippen LogP contribution in [-0.4, -0.2) is 133 Å². The summed E-state index contributed by atoms with van der Waals surface area (Å²) in [5, 5.41) is 22.5. The van der Waals surface area contributed by atoms with Crippen molar-refractivity contribution in [2.75, 3.05) is 19.6 Å². The summed E-state index contributed by atoms with van der Waals surface area (Å²) in [4.78, 5) is 127. The number of unbranched alkanes of at least 4 members (excludes halogenated alkanes) is 3. The fraction of sp³-hybridized carbons (Fsp3) is 0.737. The van der Waals surface area contributed by atoms with Gasteiger partial charge in [0.05, 0.1) is 0 Å². The maximum atomic E-state index is 13.3. The lowest BCUT2D eigenvalue weighted by atomic mass is 10.1. The van der Waals surface area contributed by atoms with Crippen LogP contribution < -0.4 is 70.8 Å². The Balaban J connectivity index is 5.33. The molecule has 9 atom stereocenters. The van der Waals surface area contributed by atoms with Gasteiger partial charge in [0, 0.05) is 6.92 Å². The van der Waals surface area contributed by atoms with E-state index in [0.29, 0.717) is 64.6 Å². The fourth-order valence-electron chi connectivity index (χ4n) is 5.52. The summed E-state index contributed by atoms with van der Waals surface area (Å²) in [5.41, 5.74) is 22.0. The largest absolute Gasteiger partial charge is 0.368 e. The number of hydrogen-bond acceptors (Lipinski definition) is 13. The molecule has 23 nitrogen and oxygen atoms in total. The van der Waals surface area contributed by atoms with Gasteiger partial charge in [0.2, 0.25) is 59.1 Å². The van der Waals surface area contributed by atoms with Gasteiger partial charge in [-0.25, -0.2) is 0 Å². The zero-order chi connectivity index (χ0) is 46.8. The molecule has 17 N–H and O–H groups in total. The highest BCUT2D eigenvalue weighted by Gasteiger charge is 2.30. The maximum Gasteiger partial charge on any atom is 0.243 e. The van der Waals surface area contributed by atoms with Crippen LogP contribution in [0.1, 0.15) is 106 Å². The second-order valence-electron chi connectivity index (χ2n) is 15.0. The van der Waals surface area contributed by atoms with Crippen LogP contribution in [0.2, 0.25) is 0 Å². The van der Waals surface area contributed by atoms with Crippen LogP contribution in [0.5, 0.6) is 0 Å². The van der Waals surface area contributed by atoms with Gasteiger partial charge in [0.15, 0.2) is 0 Å². The molecule has 61 heavy (non-hydrogen) atoms. The maximum absolute atomic E-state index is 13.3. The van der Waals surface area contributed by atoms with Gasteiger partial charge < -0.3 is 70.8 Å². The number of primary amides is 1. The first-order valence-electron chi connectivity index (χ1n) is 20.7. The number of amides is 10. The topological polar surface area (TPSA) is 383 Å². The third-order valence-corrected chi connectivity index (χ3v) is 9.34. The predicted octanol–water partition coefficient (Wildman–Crippen LogP) is -4.64. The van der Waals surface area contributed by atoms with Gasteiger partial charge in [-0.15, -0.1) is 0 Å². The van der Waals surface area contributed by atoms with E-state index in [1.807, 2.05) is 0 Å². The zero-order valence-corrected chi connectivity index (χ0v) is 36.6. The third-order valence-electron chi connectivity index (χ3n) is 9.34. The summed E-state index contributed by atoms with van der Waals surface area (Å²) in [5.74, 6) is -6.84. The highest BCUT2D eigenvalue weighted by molar-refractivity contribution is 5.98. The Labute approximate surface area is 357 Å². The molecule has 0 heterocycles. The molecule has 23 heteroatoms. The normalized spacial score (nSPS) is 15.3. The number of hydrogen-bond donors (Lipinski definition) is 13. The summed E-state index contributed by atoms with van der Waals surface area (Å²) in [6.45, 7) is 10.6. The van der Waals surface area contributed by atoms with Crippen molar-refractivity contribution in [2.24, 2.45) is 22.9 Å². The molecule has 0 aromatic rings. The lowest BCUT2D eigenvalue weighted by Crippen LogP contribution is -2.59. The molecule has 10 amide bonds. The molecule has 348 valence electrons. The van der Waals surface area contributed by atoms with Crippen molar-refractivity contribution in [2.45, 2.75) is 161 Å². The minimum Gasteiger partial charge on any atom is -0.368 e. The van der Waals surface area contributed by atoms with Crippen molar-refractivity contribution in [3.8, 4) is 0 Å². The molecule has 0 radical (unpaired) electrons. The Hall–Kier alpha value is -5.42. The Bertz CT molecular complexity index is 1500. The predicted molar refractivity (Wildman–Crippen MR) is 225 cm³/mol. The van der Waals surface area contributed by atoms with Crippen LogP contribution in [0.4, 0.5) is 0 Å². The number of rotatable bonds is 30. The molecule has 0 saturated carbocycles. The zero-order valence-electron chi connectivity index (χ0n) is 36.6. The van der Waals surface area contributed by atoms with E-state index >= 15 is 0 Å². The monoisotopic (exact) mass is 870 g/mol. The number of carbonyl (C=O) groups excluding carboxylic acids is 10. The van der Waals surface area contributed by atoms with Gasteiger partial charge in [-0.3, -0.25) is 47.9 Å². The van der Waals surface area contributed by atoms with Gasteiger partial charge in [-0.2, -0.15) is 0 Å². The van der Waals surface area contributed by atoms with Gasteiger partial charge in [0.25, 0.3) is 0 Å². The standard InChI is InChI=1S/C38H71N13O10/c1-20(31(54)45-24(5)35(58)50-27(30(42)53)14-8-11-17-39)44-34(57)23(4)48-38(61)29(16-10-13-19-41)51-36(59)25(6)46-32(55)21(2)43-33(56)22(3)47-37(60)28(49-26(7)52)15-9-12-18-40/h20-25,27-29H,8-19,39-41H2,1-7H3,(H2,42,53)(H,43,56)(H,44,57)(H,45,54)(H,46,55)(H,47,60)(H,48,61)(H,49,52)(H,50,58)(H,51,59)/t20-,21-,22-,23-,24-,25-,27-,28-,29-/m0/s1. The molecule has 0 rings (SSSR count). The Morgan fingerprint density at radius 1 is 0.344 bits per heavy atom. The first-order valence-corrected chi connectivity index (χ1v) is 20.7. The average molecular weight is 870 g/mol. The second-order valence-corrected chi connectivity index (χ2v) is 15.0. The van der Waals surface area contributed by atoms with E-state index in [2.05, 4.69) is 47.9 Å². The lowest BCUT2D eigenvalue weighted by Gasteiger charge is -2.25. The van der Waals surface area contributed by atoms with Crippen LogP contribution >= 0.6 is 0 Å². The number of nitrogens with one attached hydrogen (secondary N) is 9. The smallest absolute Gasteiger partial charge is 0.243 e. The fourth-order valence-corrected chi connectivity index (χ4v) is 5.52. The molecule has 0 aliphatic rings. The van der Waals surface area contributed by atoms with E-state index < -0.39 is 113 Å². The summed E-state index contributed by atoms with van der Waals surface area (Å²) in [7, 11) is 0. The third kappa shape index (κ3) is 22.7. The van der Waals surface area contributed by atoms with Crippen LogP contribution in [0, 0.1) is 0 Å². The summed E-state index contributed by atoms with van der Waals surface area (Å²) < 4.78 is 0. The van der Waals surface area contributed by atoms with Gasteiger partial charge in [0.1, 0.15) is 54.4 Å². The van der Waals surface area contributed by atoms with Crippen molar-refractivity contribution < 1.29 is 47.9 Å². The van der Waals surface area contributed by atoms with Gasteiger partial charge in [-0.05, 0) is 119 Å². The molecule has 0 bridgehead atoms. The second kappa shape index (κ2) is 29.7. The molecule has 0 aliphatic carbocycles. The van der Waals surface area contributed by atoms with E-state index in [1.165, 1.54) is 48.5 Å². The minimum absolute atomic E-state index is 0.123. The van der Waals surface area contributed by atoms with Crippen LogP contribution in [0.15, 0.2) is 0 Å². The van der Waals surface area contributed by atoms with Crippen molar-refractivity contribution in [3.63, 3.8) is 0 Å². The van der Waals surface area contributed by atoms with Crippen LogP contribution in [-0.2, 0) is 47.9 Å². The lowest BCUT2D eigenvalue weighted by molar-refractivity contribution is -0.135. The quantitative estimate of drug-likeness (QED) is 0.0303. The Morgan fingerprint density at radius 2 is 0.574 bits per heavy atom. The molecule has 0 fully saturated rings. The minimum atomic E-state index is -1.19. The number of nitrogens with two attached hydrogens (primary N) is 4. The van der Waals surface area contributed by atoms with Crippen molar-refractivity contribution in [1.29, 1.82) is 0 Å². The van der Waals surface area contributed by atoms with E-state index in [0.717, 1.165) is 0 Å². The van der Waals surface area contributed by atoms with Crippen LogP contribution in [0.25, 0.3) is 0 Å². The highest BCUT2D eigenvalue weighted by atomic mass is 16.2. The van der Waals surface area contributed by atoms with E-state index in [4.69, 9.17) is 22.9 Å². The van der Waals surface area contributed by atoms with E-state index in [9.17, 15) is 47.9 Å².